The van der Waals surface area contributed by atoms with Gasteiger partial charge in [0.15, 0.2) is 5.82 Å². The molecule has 0 spiro atoms. The highest BCUT2D eigenvalue weighted by molar-refractivity contribution is 6.30. The fraction of sp³-hybridized carbons (Fsp3) is 0.208. The Labute approximate surface area is 186 Å². The molecule has 31 heavy (non-hydrogen) atoms. The maximum Gasteiger partial charge on any atom is 0.256 e. The summed E-state index contributed by atoms with van der Waals surface area (Å²) >= 11 is 6.07. The first kappa shape index (κ1) is 20.9. The van der Waals surface area contributed by atoms with Gasteiger partial charge in [-0.1, -0.05) is 35.9 Å². The van der Waals surface area contributed by atoms with Crippen LogP contribution in [0.2, 0.25) is 5.02 Å². The van der Waals surface area contributed by atoms with Crippen molar-refractivity contribution in [3.63, 3.8) is 0 Å². The number of anilines is 1. The molecule has 0 radical (unpaired) electrons. The molecule has 0 atom stereocenters. The van der Waals surface area contributed by atoms with Crippen molar-refractivity contribution in [1.29, 1.82) is 0 Å². The predicted molar refractivity (Wildman–Crippen MR) is 123 cm³/mol. The van der Waals surface area contributed by atoms with Crippen LogP contribution in [0.4, 0.5) is 5.82 Å². The summed E-state index contributed by atoms with van der Waals surface area (Å²) < 4.78 is 3.80. The van der Waals surface area contributed by atoms with Crippen molar-refractivity contribution in [2.45, 2.75) is 33.9 Å². The van der Waals surface area contributed by atoms with Gasteiger partial charge in [0.2, 0.25) is 0 Å². The summed E-state index contributed by atoms with van der Waals surface area (Å²) in [6, 6.07) is 19.1. The molecule has 2 aromatic carbocycles. The number of halogens is 1. The summed E-state index contributed by atoms with van der Waals surface area (Å²) in [7, 11) is 0. The highest BCUT2D eigenvalue weighted by Gasteiger charge is 2.11. The summed E-state index contributed by atoms with van der Waals surface area (Å²) in [5.74, 6) is 0.335. The lowest BCUT2D eigenvalue weighted by Gasteiger charge is -2.07. The van der Waals surface area contributed by atoms with E-state index in [2.05, 4.69) is 21.6 Å². The van der Waals surface area contributed by atoms with Gasteiger partial charge in [0.1, 0.15) is 0 Å². The number of aromatic nitrogens is 4. The van der Waals surface area contributed by atoms with E-state index in [1.165, 1.54) is 0 Å². The Balaban J connectivity index is 1.41. The number of amides is 1. The Morgan fingerprint density at radius 2 is 1.55 bits per heavy atom. The van der Waals surface area contributed by atoms with Gasteiger partial charge < -0.3 is 5.32 Å². The molecule has 0 aliphatic heterocycles. The normalized spacial score (nSPS) is 11.0. The fourth-order valence-corrected chi connectivity index (χ4v) is 3.71. The minimum absolute atomic E-state index is 0.190. The molecule has 4 rings (SSSR count). The third kappa shape index (κ3) is 5.03. The lowest BCUT2D eigenvalue weighted by atomic mass is 10.1. The van der Waals surface area contributed by atoms with Crippen LogP contribution in [0, 0.1) is 20.8 Å². The summed E-state index contributed by atoms with van der Waals surface area (Å²) in [4.78, 5) is 12.7. The van der Waals surface area contributed by atoms with Gasteiger partial charge in [-0.3, -0.25) is 14.2 Å². The molecule has 0 unspecified atom stereocenters. The van der Waals surface area contributed by atoms with Crippen molar-refractivity contribution < 1.29 is 4.79 Å². The lowest BCUT2D eigenvalue weighted by molar-refractivity contribution is 0.102. The van der Waals surface area contributed by atoms with Gasteiger partial charge in [-0.2, -0.15) is 10.2 Å². The van der Waals surface area contributed by atoms with Crippen LogP contribution >= 0.6 is 11.6 Å². The molecule has 0 saturated heterocycles. The molecule has 0 fully saturated rings. The molecule has 1 N–H and O–H groups in total. The van der Waals surface area contributed by atoms with Crippen LogP contribution in [0.25, 0.3) is 0 Å². The Morgan fingerprint density at radius 3 is 2.23 bits per heavy atom. The van der Waals surface area contributed by atoms with Crippen LogP contribution in [-0.4, -0.2) is 25.5 Å². The minimum Gasteiger partial charge on any atom is -0.305 e. The Morgan fingerprint density at radius 1 is 0.871 bits per heavy atom. The van der Waals surface area contributed by atoms with E-state index in [-0.39, 0.29) is 5.91 Å². The van der Waals surface area contributed by atoms with Gasteiger partial charge in [-0.05, 0) is 62.2 Å². The summed E-state index contributed by atoms with van der Waals surface area (Å²) in [6.45, 7) is 7.24. The molecule has 1 amide bonds. The largest absolute Gasteiger partial charge is 0.305 e. The molecule has 0 aliphatic rings. The average molecular weight is 434 g/mol. The first-order valence-corrected chi connectivity index (χ1v) is 10.5. The number of carbonyl (C=O) groups is 1. The number of nitrogens with zero attached hydrogens (tertiary/aromatic N) is 4. The molecule has 2 heterocycles. The third-order valence-corrected chi connectivity index (χ3v) is 5.33. The first-order chi connectivity index (χ1) is 14.9. The monoisotopic (exact) mass is 433 g/mol. The van der Waals surface area contributed by atoms with Crippen molar-refractivity contribution in [3.8, 4) is 0 Å². The Bertz CT molecular complexity index is 1220. The topological polar surface area (TPSA) is 64.7 Å². The second-order valence-electron chi connectivity index (χ2n) is 7.69. The standard InChI is InChI=1S/C24H24ClN5O/c1-16-11-17(2)29(27-16)14-19-7-9-21(10-8-19)24(31)26-23-12-18(3)30(28-23)15-20-5-4-6-22(25)13-20/h4-13H,14-15H2,1-3H3,(H,26,28,31). The molecule has 7 heteroatoms. The van der Waals surface area contributed by atoms with E-state index in [9.17, 15) is 4.79 Å². The number of benzene rings is 2. The maximum atomic E-state index is 12.7. The van der Waals surface area contributed by atoms with Gasteiger partial charge in [0.05, 0.1) is 18.8 Å². The number of hydrogen-bond acceptors (Lipinski definition) is 3. The predicted octanol–water partition coefficient (Wildman–Crippen LogP) is 5.01. The fourth-order valence-electron chi connectivity index (χ4n) is 3.50. The molecule has 0 bridgehead atoms. The molecular weight excluding hydrogens is 410 g/mol. The van der Waals surface area contributed by atoms with E-state index < -0.39 is 0 Å². The van der Waals surface area contributed by atoms with E-state index in [1.807, 2.05) is 84.7 Å². The summed E-state index contributed by atoms with van der Waals surface area (Å²) in [6.07, 6.45) is 0. The Hall–Kier alpha value is -3.38. The van der Waals surface area contributed by atoms with Gasteiger partial charge in [0.25, 0.3) is 5.91 Å². The smallest absolute Gasteiger partial charge is 0.256 e. The molecular formula is C24H24ClN5O. The number of carbonyl (C=O) groups excluding carboxylic acids is 1. The van der Waals surface area contributed by atoms with Crippen LogP contribution in [0.1, 0.15) is 38.6 Å². The second kappa shape index (κ2) is 8.78. The molecule has 6 nitrogen and oxygen atoms in total. The Kier molecular flexibility index (Phi) is 5.91. The van der Waals surface area contributed by atoms with Crippen LogP contribution in [-0.2, 0) is 13.1 Å². The van der Waals surface area contributed by atoms with E-state index in [0.717, 1.165) is 28.2 Å². The zero-order chi connectivity index (χ0) is 22.0. The van der Waals surface area contributed by atoms with Gasteiger partial charge in [-0.15, -0.1) is 0 Å². The van der Waals surface area contributed by atoms with Crippen molar-refractivity contribution >= 4 is 23.3 Å². The van der Waals surface area contributed by atoms with Crippen molar-refractivity contribution in [1.82, 2.24) is 19.6 Å². The molecule has 0 saturated carbocycles. The van der Waals surface area contributed by atoms with Crippen LogP contribution in [0.5, 0.6) is 0 Å². The van der Waals surface area contributed by atoms with Gasteiger partial charge in [0, 0.05) is 28.0 Å². The van der Waals surface area contributed by atoms with E-state index in [0.29, 0.717) is 29.5 Å². The highest BCUT2D eigenvalue weighted by atomic mass is 35.5. The SMILES string of the molecule is Cc1cc(C)n(Cc2ccc(C(=O)Nc3cc(C)n(Cc4cccc(Cl)c4)n3)cc2)n1. The molecule has 2 aromatic heterocycles. The zero-order valence-corrected chi connectivity index (χ0v) is 18.5. The second-order valence-corrected chi connectivity index (χ2v) is 8.13. The summed E-state index contributed by atoms with van der Waals surface area (Å²) in [5, 5.41) is 12.6. The van der Waals surface area contributed by atoms with E-state index >= 15 is 0 Å². The highest BCUT2D eigenvalue weighted by Crippen LogP contribution is 2.16. The molecule has 0 aliphatic carbocycles. The van der Waals surface area contributed by atoms with Crippen LogP contribution in [0.3, 0.4) is 0 Å². The van der Waals surface area contributed by atoms with Crippen molar-refractivity contribution in [2.24, 2.45) is 0 Å². The van der Waals surface area contributed by atoms with E-state index in [4.69, 9.17) is 11.6 Å². The van der Waals surface area contributed by atoms with Crippen LogP contribution < -0.4 is 5.32 Å². The molecule has 4 aromatic rings. The van der Waals surface area contributed by atoms with Gasteiger partial charge >= 0.3 is 0 Å². The van der Waals surface area contributed by atoms with Crippen LogP contribution in [0.15, 0.2) is 60.7 Å². The van der Waals surface area contributed by atoms with Gasteiger partial charge in [-0.25, -0.2) is 0 Å². The average Bonchev–Trinajstić information content (AvgIpc) is 3.22. The van der Waals surface area contributed by atoms with E-state index in [1.54, 1.807) is 0 Å². The number of hydrogen-bond donors (Lipinski definition) is 1. The quantitative estimate of drug-likeness (QED) is 0.465. The summed E-state index contributed by atoms with van der Waals surface area (Å²) in [5.41, 5.74) is 5.79. The number of aryl methyl sites for hydroxylation is 3. The number of nitrogens with one attached hydrogen (secondary N) is 1. The zero-order valence-electron chi connectivity index (χ0n) is 17.8. The number of rotatable bonds is 6. The van der Waals surface area contributed by atoms with Crippen molar-refractivity contribution in [2.75, 3.05) is 5.32 Å². The van der Waals surface area contributed by atoms with Crippen molar-refractivity contribution in [3.05, 3.63) is 99.5 Å². The maximum absolute atomic E-state index is 12.7. The third-order valence-electron chi connectivity index (χ3n) is 5.10. The lowest BCUT2D eigenvalue weighted by Crippen LogP contribution is -2.13. The molecule has 158 valence electrons. The minimum atomic E-state index is -0.190. The first-order valence-electron chi connectivity index (χ1n) is 10.1.